The molecule has 0 unspecified atom stereocenters. The molecule has 7 nitrogen and oxygen atoms in total. The Balaban J connectivity index is 1.39. The number of benzene rings is 2. The van der Waals surface area contributed by atoms with Gasteiger partial charge in [-0.1, -0.05) is 17.7 Å². The first-order chi connectivity index (χ1) is 16.6. The van der Waals surface area contributed by atoms with Crippen LogP contribution >= 0.6 is 11.6 Å². The first kappa shape index (κ1) is 22.2. The van der Waals surface area contributed by atoms with Crippen molar-refractivity contribution in [3.05, 3.63) is 83.1 Å². The van der Waals surface area contributed by atoms with Gasteiger partial charge in [-0.3, -0.25) is 14.6 Å². The van der Waals surface area contributed by atoms with Crippen molar-refractivity contribution in [2.75, 3.05) is 24.8 Å². The molecule has 1 atom stereocenters. The van der Waals surface area contributed by atoms with E-state index in [1.54, 1.807) is 46.5 Å². The standard InChI is InChI=1S/C26H24ClN3O4/c27-21-7-5-19(6-8-21)25(31)29-12-2-4-20(16-29)26(32)30(15-18-3-1-11-28-14-18)22-9-10-23-24(13-22)34-17-33-23/h1,3,5-11,13-14,20H,2,4,12,15-17H2/t20-/m1/s1. The molecule has 0 bridgehead atoms. The van der Waals surface area contributed by atoms with Gasteiger partial charge in [0.2, 0.25) is 12.7 Å². The molecule has 34 heavy (non-hydrogen) atoms. The van der Waals surface area contributed by atoms with Gasteiger partial charge in [-0.2, -0.15) is 0 Å². The SMILES string of the molecule is O=C(c1ccc(Cl)cc1)N1CCC[C@@H](C(=O)N(Cc2cccnc2)c2ccc3c(c2)OCO3)C1. The van der Waals surface area contributed by atoms with E-state index in [1.807, 2.05) is 30.3 Å². The molecule has 0 aliphatic carbocycles. The molecule has 0 radical (unpaired) electrons. The molecule has 1 aromatic heterocycles. The maximum absolute atomic E-state index is 13.8. The predicted octanol–water partition coefficient (Wildman–Crippen LogP) is 4.55. The fourth-order valence-corrected chi connectivity index (χ4v) is 4.51. The first-order valence-electron chi connectivity index (χ1n) is 11.2. The number of carbonyl (C=O) groups is 2. The summed E-state index contributed by atoms with van der Waals surface area (Å²) in [5.74, 6) is 0.846. The van der Waals surface area contributed by atoms with Gasteiger partial charge in [-0.05, 0) is 60.9 Å². The lowest BCUT2D eigenvalue weighted by Crippen LogP contribution is -2.46. The summed E-state index contributed by atoms with van der Waals surface area (Å²) < 4.78 is 11.0. The zero-order chi connectivity index (χ0) is 23.5. The van der Waals surface area contributed by atoms with Gasteiger partial charge in [0.15, 0.2) is 11.5 Å². The van der Waals surface area contributed by atoms with Gasteiger partial charge in [0.25, 0.3) is 5.91 Å². The van der Waals surface area contributed by atoms with Gasteiger partial charge in [0.05, 0.1) is 12.5 Å². The summed E-state index contributed by atoms with van der Waals surface area (Å²) in [7, 11) is 0. The highest BCUT2D eigenvalue weighted by Crippen LogP contribution is 2.36. The van der Waals surface area contributed by atoms with Crippen LogP contribution in [0.5, 0.6) is 11.5 Å². The largest absolute Gasteiger partial charge is 0.454 e. The topological polar surface area (TPSA) is 72.0 Å². The second-order valence-corrected chi connectivity index (χ2v) is 8.86. The minimum Gasteiger partial charge on any atom is -0.454 e. The average Bonchev–Trinajstić information content (AvgIpc) is 3.36. The number of hydrogen-bond acceptors (Lipinski definition) is 5. The predicted molar refractivity (Wildman–Crippen MR) is 128 cm³/mol. The van der Waals surface area contributed by atoms with Gasteiger partial charge in [-0.25, -0.2) is 0 Å². The molecular formula is C26H24ClN3O4. The number of hydrogen-bond donors (Lipinski definition) is 0. The quantitative estimate of drug-likeness (QED) is 0.539. The summed E-state index contributed by atoms with van der Waals surface area (Å²) >= 11 is 5.97. The Hall–Kier alpha value is -3.58. The van der Waals surface area contributed by atoms with Crippen LogP contribution in [-0.4, -0.2) is 41.6 Å². The Labute approximate surface area is 202 Å². The van der Waals surface area contributed by atoms with Crippen LogP contribution in [0.4, 0.5) is 5.69 Å². The first-order valence-corrected chi connectivity index (χ1v) is 11.6. The number of pyridine rings is 1. The maximum atomic E-state index is 13.8. The Morgan fingerprint density at radius 3 is 2.71 bits per heavy atom. The van der Waals surface area contributed by atoms with E-state index in [9.17, 15) is 9.59 Å². The van der Waals surface area contributed by atoms with E-state index in [0.717, 1.165) is 24.1 Å². The van der Waals surface area contributed by atoms with E-state index < -0.39 is 0 Å². The van der Waals surface area contributed by atoms with Crippen LogP contribution in [0.15, 0.2) is 67.0 Å². The van der Waals surface area contributed by atoms with E-state index in [2.05, 4.69) is 4.98 Å². The van der Waals surface area contributed by atoms with Crippen molar-refractivity contribution in [1.29, 1.82) is 0 Å². The Bertz CT molecular complexity index is 1190. The van der Waals surface area contributed by atoms with Crippen molar-refractivity contribution in [2.45, 2.75) is 19.4 Å². The summed E-state index contributed by atoms with van der Waals surface area (Å²) in [6, 6.07) is 16.2. The lowest BCUT2D eigenvalue weighted by atomic mass is 9.95. The van der Waals surface area contributed by atoms with Gasteiger partial charge >= 0.3 is 0 Å². The van der Waals surface area contributed by atoms with Crippen LogP contribution in [0.2, 0.25) is 5.02 Å². The van der Waals surface area contributed by atoms with Crippen molar-refractivity contribution in [3.63, 3.8) is 0 Å². The summed E-state index contributed by atoms with van der Waals surface area (Å²) in [6.45, 7) is 1.53. The number of rotatable bonds is 5. The molecular weight excluding hydrogens is 454 g/mol. The molecule has 8 heteroatoms. The third-order valence-electron chi connectivity index (χ3n) is 6.15. The summed E-state index contributed by atoms with van der Waals surface area (Å²) in [5.41, 5.74) is 2.21. The number of halogens is 1. The van der Waals surface area contributed by atoms with E-state index in [-0.39, 0.29) is 24.5 Å². The van der Waals surface area contributed by atoms with Gasteiger partial charge < -0.3 is 19.3 Å². The smallest absolute Gasteiger partial charge is 0.253 e. The van der Waals surface area contributed by atoms with Crippen molar-refractivity contribution in [1.82, 2.24) is 9.88 Å². The number of piperidine rings is 1. The molecule has 1 saturated heterocycles. The Morgan fingerprint density at radius 1 is 1.09 bits per heavy atom. The Morgan fingerprint density at radius 2 is 1.91 bits per heavy atom. The monoisotopic (exact) mass is 477 g/mol. The fraction of sp³-hybridized carbons (Fsp3) is 0.269. The molecule has 2 amide bonds. The summed E-state index contributed by atoms with van der Waals surface area (Å²) in [4.78, 5) is 34.6. The lowest BCUT2D eigenvalue weighted by molar-refractivity contribution is -0.123. The molecule has 2 aromatic carbocycles. The van der Waals surface area contributed by atoms with Gasteiger partial charge in [-0.15, -0.1) is 0 Å². The molecule has 5 rings (SSSR count). The lowest BCUT2D eigenvalue weighted by Gasteiger charge is -2.35. The molecule has 0 spiro atoms. The van der Waals surface area contributed by atoms with E-state index in [0.29, 0.717) is 41.7 Å². The average molecular weight is 478 g/mol. The highest BCUT2D eigenvalue weighted by atomic mass is 35.5. The molecule has 2 aliphatic heterocycles. The highest BCUT2D eigenvalue weighted by molar-refractivity contribution is 6.30. The molecule has 174 valence electrons. The zero-order valence-electron chi connectivity index (χ0n) is 18.5. The zero-order valence-corrected chi connectivity index (χ0v) is 19.3. The molecule has 0 N–H and O–H groups in total. The van der Waals surface area contributed by atoms with Crippen molar-refractivity contribution in [2.24, 2.45) is 5.92 Å². The van der Waals surface area contributed by atoms with E-state index in [4.69, 9.17) is 21.1 Å². The number of nitrogens with zero attached hydrogens (tertiary/aromatic N) is 3. The van der Waals surface area contributed by atoms with Crippen molar-refractivity contribution in [3.8, 4) is 11.5 Å². The molecule has 2 aliphatic rings. The normalized spacial score (nSPS) is 16.9. The van der Waals surface area contributed by atoms with Gasteiger partial charge in [0.1, 0.15) is 0 Å². The minimum atomic E-state index is -0.313. The second kappa shape index (κ2) is 9.73. The van der Waals surface area contributed by atoms with Crippen LogP contribution in [0.25, 0.3) is 0 Å². The molecule has 3 heterocycles. The molecule has 0 saturated carbocycles. The Kier molecular flexibility index (Phi) is 6.36. The number of amides is 2. The molecule has 1 fully saturated rings. The van der Waals surface area contributed by atoms with Crippen molar-refractivity contribution < 1.29 is 19.1 Å². The second-order valence-electron chi connectivity index (χ2n) is 8.42. The minimum absolute atomic E-state index is 0.0312. The number of ether oxygens (including phenoxy) is 2. The summed E-state index contributed by atoms with van der Waals surface area (Å²) in [5, 5.41) is 0.581. The number of carbonyl (C=O) groups excluding carboxylic acids is 2. The van der Waals surface area contributed by atoms with E-state index in [1.165, 1.54) is 0 Å². The third kappa shape index (κ3) is 4.70. The summed E-state index contributed by atoms with van der Waals surface area (Å²) in [6.07, 6.45) is 4.94. The van der Waals surface area contributed by atoms with Crippen LogP contribution < -0.4 is 14.4 Å². The van der Waals surface area contributed by atoms with Crippen LogP contribution in [0, 0.1) is 5.92 Å². The van der Waals surface area contributed by atoms with Crippen LogP contribution in [0.1, 0.15) is 28.8 Å². The number of aromatic nitrogens is 1. The van der Waals surface area contributed by atoms with E-state index >= 15 is 0 Å². The number of anilines is 1. The highest BCUT2D eigenvalue weighted by Gasteiger charge is 2.33. The number of likely N-dealkylation sites (tertiary alicyclic amines) is 1. The maximum Gasteiger partial charge on any atom is 0.253 e. The fourth-order valence-electron chi connectivity index (χ4n) is 4.38. The molecule has 3 aromatic rings. The third-order valence-corrected chi connectivity index (χ3v) is 6.40. The van der Waals surface area contributed by atoms with Gasteiger partial charge in [0, 0.05) is 47.8 Å². The van der Waals surface area contributed by atoms with Crippen molar-refractivity contribution >= 4 is 29.1 Å². The van der Waals surface area contributed by atoms with Crippen LogP contribution in [-0.2, 0) is 11.3 Å². The number of fused-ring (bicyclic) bond motifs is 1. The van der Waals surface area contributed by atoms with Crippen LogP contribution in [0.3, 0.4) is 0 Å².